The third kappa shape index (κ3) is 3.13. The molecule has 0 aliphatic carbocycles. The van der Waals surface area contributed by atoms with Crippen LogP contribution in [0.1, 0.15) is 5.69 Å². The Morgan fingerprint density at radius 2 is 2.62 bits per heavy atom. The van der Waals surface area contributed by atoms with Gasteiger partial charge < -0.3 is 9.42 Å². The summed E-state index contributed by atoms with van der Waals surface area (Å²) in [5.41, 5.74) is 0.775. The summed E-state index contributed by atoms with van der Waals surface area (Å²) in [6.07, 6.45) is 1.51. The van der Waals surface area contributed by atoms with Crippen molar-refractivity contribution in [3.8, 4) is 0 Å². The fourth-order valence-corrected chi connectivity index (χ4v) is 2.39. The molecule has 7 heteroatoms. The van der Waals surface area contributed by atoms with Crippen molar-refractivity contribution >= 4 is 30.1 Å². The molecule has 0 bridgehead atoms. The second kappa shape index (κ2) is 6.12. The van der Waals surface area contributed by atoms with Crippen molar-refractivity contribution in [2.75, 3.05) is 18.7 Å². The topological polar surface area (TPSA) is 58.4 Å². The van der Waals surface area contributed by atoms with Crippen LogP contribution in [-0.2, 0) is 11.3 Å². The van der Waals surface area contributed by atoms with Gasteiger partial charge in [-0.3, -0.25) is 10.1 Å². The highest BCUT2D eigenvalue weighted by Gasteiger charge is 2.25. The molecule has 16 heavy (non-hydrogen) atoms. The van der Waals surface area contributed by atoms with Crippen molar-refractivity contribution < 1.29 is 9.32 Å². The monoisotopic (exact) mass is 263 g/mol. The van der Waals surface area contributed by atoms with Crippen LogP contribution < -0.4 is 5.32 Å². The van der Waals surface area contributed by atoms with E-state index in [1.165, 1.54) is 6.26 Å². The van der Waals surface area contributed by atoms with E-state index in [4.69, 9.17) is 4.52 Å². The Morgan fingerprint density at radius 1 is 1.81 bits per heavy atom. The van der Waals surface area contributed by atoms with E-state index in [9.17, 15) is 4.79 Å². The number of thioether (sulfide) groups is 1. The maximum atomic E-state index is 11.9. The first kappa shape index (κ1) is 13.3. The van der Waals surface area contributed by atoms with Gasteiger partial charge in [0.2, 0.25) is 5.91 Å². The molecule has 1 saturated heterocycles. The minimum atomic E-state index is -0.0492. The van der Waals surface area contributed by atoms with Crippen LogP contribution in [0, 0.1) is 0 Å². The van der Waals surface area contributed by atoms with Crippen molar-refractivity contribution in [1.29, 1.82) is 0 Å². The maximum absolute atomic E-state index is 11.9. The minimum absolute atomic E-state index is 0. The fourth-order valence-electron chi connectivity index (χ4n) is 1.46. The number of amides is 1. The Labute approximate surface area is 104 Å². The van der Waals surface area contributed by atoms with Gasteiger partial charge in [0.1, 0.15) is 12.0 Å². The number of hydrogen-bond acceptors (Lipinski definition) is 5. The van der Waals surface area contributed by atoms with Gasteiger partial charge in [-0.1, -0.05) is 5.16 Å². The van der Waals surface area contributed by atoms with Gasteiger partial charge in [-0.25, -0.2) is 0 Å². The molecule has 0 saturated carbocycles. The molecule has 1 atom stereocenters. The van der Waals surface area contributed by atoms with E-state index in [2.05, 4.69) is 10.5 Å². The number of carbonyl (C=O) groups excluding carboxylic acids is 1. The predicted molar refractivity (Wildman–Crippen MR) is 64.5 cm³/mol. The number of carbonyl (C=O) groups is 1. The molecule has 1 aromatic rings. The molecule has 1 N–H and O–H groups in total. The summed E-state index contributed by atoms with van der Waals surface area (Å²) in [6, 6.07) is 1.72. The summed E-state index contributed by atoms with van der Waals surface area (Å²) in [5.74, 6) is 1.82. The lowest BCUT2D eigenvalue weighted by molar-refractivity contribution is -0.131. The number of halogens is 1. The SMILES string of the molecule is CN(Cc1ccon1)C(=O)[C@H]1CSCN1.Cl. The fraction of sp³-hybridized carbons (Fsp3) is 0.556. The number of nitrogens with zero attached hydrogens (tertiary/aromatic N) is 2. The molecule has 0 radical (unpaired) electrons. The summed E-state index contributed by atoms with van der Waals surface area (Å²) in [6.45, 7) is 0.498. The number of nitrogens with one attached hydrogen (secondary N) is 1. The highest BCUT2D eigenvalue weighted by atomic mass is 35.5. The Bertz CT molecular complexity index is 328. The molecule has 1 fully saturated rings. The molecule has 0 aromatic carbocycles. The van der Waals surface area contributed by atoms with Crippen molar-refractivity contribution in [2.45, 2.75) is 12.6 Å². The first-order valence-electron chi connectivity index (χ1n) is 4.73. The van der Waals surface area contributed by atoms with Crippen LogP contribution in [0.3, 0.4) is 0 Å². The van der Waals surface area contributed by atoms with Crippen molar-refractivity contribution in [1.82, 2.24) is 15.4 Å². The maximum Gasteiger partial charge on any atom is 0.240 e. The molecule has 1 aliphatic heterocycles. The molecular formula is C9H14ClN3O2S. The van der Waals surface area contributed by atoms with E-state index in [1.54, 1.807) is 29.8 Å². The van der Waals surface area contributed by atoms with E-state index in [0.29, 0.717) is 6.54 Å². The second-order valence-corrected chi connectivity index (χ2v) is 4.49. The highest BCUT2D eigenvalue weighted by molar-refractivity contribution is 7.99. The van der Waals surface area contributed by atoms with Gasteiger partial charge in [0.25, 0.3) is 0 Å². The molecule has 0 spiro atoms. The number of likely N-dealkylation sites (N-methyl/N-ethyl adjacent to an activating group) is 1. The number of aromatic nitrogens is 1. The Hall–Kier alpha value is -0.720. The van der Waals surface area contributed by atoms with E-state index >= 15 is 0 Å². The number of hydrogen-bond donors (Lipinski definition) is 1. The van der Waals surface area contributed by atoms with Crippen LogP contribution in [-0.4, -0.2) is 40.7 Å². The van der Waals surface area contributed by atoms with E-state index in [0.717, 1.165) is 17.3 Å². The van der Waals surface area contributed by atoms with Gasteiger partial charge in [-0.2, -0.15) is 0 Å². The molecule has 5 nitrogen and oxygen atoms in total. The molecule has 2 rings (SSSR count). The van der Waals surface area contributed by atoms with E-state index < -0.39 is 0 Å². The molecule has 0 unspecified atom stereocenters. The van der Waals surface area contributed by atoms with Gasteiger partial charge in [-0.15, -0.1) is 24.2 Å². The molecular weight excluding hydrogens is 250 g/mol. The Kier molecular flexibility index (Phi) is 5.11. The van der Waals surface area contributed by atoms with Crippen LogP contribution in [0.5, 0.6) is 0 Å². The Balaban J connectivity index is 0.00000128. The zero-order valence-electron chi connectivity index (χ0n) is 8.88. The highest BCUT2D eigenvalue weighted by Crippen LogP contribution is 2.12. The quantitative estimate of drug-likeness (QED) is 0.871. The van der Waals surface area contributed by atoms with Crippen LogP contribution in [0.4, 0.5) is 0 Å². The van der Waals surface area contributed by atoms with E-state index in [1.807, 2.05) is 0 Å². The summed E-state index contributed by atoms with van der Waals surface area (Å²) in [5, 5.41) is 6.92. The summed E-state index contributed by atoms with van der Waals surface area (Å²) in [4.78, 5) is 13.5. The molecule has 1 aliphatic rings. The lowest BCUT2D eigenvalue weighted by Crippen LogP contribution is -2.42. The molecule has 2 heterocycles. The second-order valence-electron chi connectivity index (χ2n) is 3.46. The standard InChI is InChI=1S/C9H13N3O2S.ClH/c1-12(4-7-2-3-14-11-7)9(13)8-5-15-6-10-8;/h2-3,8,10H,4-6H2,1H3;1H/t8-;/m1./s1. The van der Waals surface area contributed by atoms with E-state index in [-0.39, 0.29) is 24.4 Å². The van der Waals surface area contributed by atoms with Crippen molar-refractivity contribution in [3.63, 3.8) is 0 Å². The average Bonchev–Trinajstić information content (AvgIpc) is 2.88. The first-order valence-corrected chi connectivity index (χ1v) is 5.88. The molecule has 1 amide bonds. The number of rotatable bonds is 3. The van der Waals surface area contributed by atoms with Crippen molar-refractivity contribution in [2.24, 2.45) is 0 Å². The first-order chi connectivity index (χ1) is 7.27. The average molecular weight is 264 g/mol. The molecule has 90 valence electrons. The van der Waals surface area contributed by atoms with Crippen LogP contribution in [0.15, 0.2) is 16.9 Å². The lowest BCUT2D eigenvalue weighted by Gasteiger charge is -2.19. The summed E-state index contributed by atoms with van der Waals surface area (Å²) in [7, 11) is 1.78. The van der Waals surface area contributed by atoms with Crippen LogP contribution >= 0.6 is 24.2 Å². The third-order valence-electron chi connectivity index (χ3n) is 2.28. The zero-order valence-corrected chi connectivity index (χ0v) is 10.5. The minimum Gasteiger partial charge on any atom is -0.364 e. The normalized spacial score (nSPS) is 19.2. The van der Waals surface area contributed by atoms with Gasteiger partial charge in [-0.05, 0) is 0 Å². The van der Waals surface area contributed by atoms with Gasteiger partial charge in [0, 0.05) is 24.7 Å². The van der Waals surface area contributed by atoms with Crippen LogP contribution in [0.25, 0.3) is 0 Å². The zero-order chi connectivity index (χ0) is 10.7. The van der Waals surface area contributed by atoms with Gasteiger partial charge >= 0.3 is 0 Å². The predicted octanol–water partition coefficient (Wildman–Crippen LogP) is 0.717. The van der Waals surface area contributed by atoms with Crippen LogP contribution in [0.2, 0.25) is 0 Å². The molecule has 1 aromatic heterocycles. The van der Waals surface area contributed by atoms with Crippen molar-refractivity contribution in [3.05, 3.63) is 18.0 Å². The summed E-state index contributed by atoms with van der Waals surface area (Å²) >= 11 is 1.74. The van der Waals surface area contributed by atoms with Gasteiger partial charge in [0.15, 0.2) is 0 Å². The summed E-state index contributed by atoms with van der Waals surface area (Å²) < 4.78 is 4.71. The largest absolute Gasteiger partial charge is 0.364 e. The lowest BCUT2D eigenvalue weighted by atomic mass is 10.3. The Morgan fingerprint density at radius 3 is 3.19 bits per heavy atom. The third-order valence-corrected chi connectivity index (χ3v) is 3.22. The smallest absolute Gasteiger partial charge is 0.240 e. The van der Waals surface area contributed by atoms with Gasteiger partial charge in [0.05, 0.1) is 12.6 Å².